The molecule has 1 aromatic heterocycles. The van der Waals surface area contributed by atoms with E-state index >= 15 is 0 Å². The van der Waals surface area contributed by atoms with Crippen molar-refractivity contribution in [3.05, 3.63) is 64.4 Å². The second-order valence-electron chi connectivity index (χ2n) is 5.91. The Kier molecular flexibility index (Phi) is 4.95. The third-order valence-electron chi connectivity index (χ3n) is 4.07. The molecule has 0 radical (unpaired) electrons. The summed E-state index contributed by atoms with van der Waals surface area (Å²) in [5, 5.41) is 24.5. The van der Waals surface area contributed by atoms with Crippen LogP contribution in [-0.2, 0) is 0 Å². The van der Waals surface area contributed by atoms with Gasteiger partial charge in [-0.1, -0.05) is 25.5 Å². The Balaban J connectivity index is 1.88. The van der Waals surface area contributed by atoms with Gasteiger partial charge in [-0.3, -0.25) is 10.7 Å². The number of rotatable bonds is 5. The molecule has 7 nitrogen and oxygen atoms in total. The summed E-state index contributed by atoms with van der Waals surface area (Å²) in [6.07, 6.45) is 9.95. The summed E-state index contributed by atoms with van der Waals surface area (Å²) in [4.78, 5) is 6.22. The molecule has 7 heteroatoms. The fraction of sp³-hybridized carbons (Fsp3) is 0.278. The number of aromatic nitrogens is 2. The second-order valence-corrected chi connectivity index (χ2v) is 5.91. The van der Waals surface area contributed by atoms with E-state index in [1.807, 2.05) is 11.1 Å². The van der Waals surface area contributed by atoms with E-state index < -0.39 is 0 Å². The van der Waals surface area contributed by atoms with Crippen molar-refractivity contribution >= 4 is 23.3 Å². The summed E-state index contributed by atoms with van der Waals surface area (Å²) >= 11 is 0. The molecular formula is C18H21N5O2. The molecule has 0 spiro atoms. The zero-order valence-corrected chi connectivity index (χ0v) is 14.1. The molecule has 1 aliphatic heterocycles. The van der Waals surface area contributed by atoms with Gasteiger partial charge in [-0.15, -0.1) is 0 Å². The zero-order chi connectivity index (χ0) is 17.8. The Bertz CT molecular complexity index is 860. The smallest absolute Gasteiger partial charge is 0.290 e. The predicted molar refractivity (Wildman–Crippen MR) is 97.1 cm³/mol. The largest absolute Gasteiger partial charge is 0.618 e. The lowest BCUT2D eigenvalue weighted by Gasteiger charge is -2.27. The quantitative estimate of drug-likeness (QED) is 0.658. The molecule has 0 amide bonds. The molecular weight excluding hydrogens is 318 g/mol. The van der Waals surface area contributed by atoms with E-state index in [4.69, 9.17) is 5.73 Å². The van der Waals surface area contributed by atoms with Crippen molar-refractivity contribution in [3.8, 4) is 0 Å². The summed E-state index contributed by atoms with van der Waals surface area (Å²) in [5.74, 6) is 0. The molecule has 0 saturated carbocycles. The van der Waals surface area contributed by atoms with Crippen LogP contribution in [0.25, 0.3) is 17.1 Å². The van der Waals surface area contributed by atoms with E-state index in [9.17, 15) is 10.4 Å². The lowest BCUT2D eigenvalue weighted by molar-refractivity contribution is -0.630. The van der Waals surface area contributed by atoms with Crippen LogP contribution in [0.15, 0.2) is 53.3 Å². The molecule has 0 aliphatic carbocycles. The lowest BCUT2D eigenvalue weighted by atomic mass is 10.2. The number of para-hydroxylation sites is 2. The molecule has 2 aromatic rings. The lowest BCUT2D eigenvalue weighted by Crippen LogP contribution is -2.40. The van der Waals surface area contributed by atoms with Crippen LogP contribution < -0.4 is 15.2 Å². The maximum atomic E-state index is 12.4. The van der Waals surface area contributed by atoms with Gasteiger partial charge in [-0.05, 0) is 12.5 Å². The number of aliphatic imine (C=N–C) groups is 1. The minimum atomic E-state index is -0.377. The Labute approximate surface area is 146 Å². The molecule has 1 unspecified atom stereocenters. The molecule has 0 bridgehead atoms. The van der Waals surface area contributed by atoms with Gasteiger partial charge in [0.25, 0.3) is 22.9 Å². The number of nitrogens with two attached hydrogens (primary N) is 1. The van der Waals surface area contributed by atoms with Gasteiger partial charge in [0.15, 0.2) is 6.29 Å². The van der Waals surface area contributed by atoms with E-state index in [0.717, 1.165) is 29.7 Å². The van der Waals surface area contributed by atoms with Crippen LogP contribution in [0.3, 0.4) is 0 Å². The van der Waals surface area contributed by atoms with Crippen molar-refractivity contribution in [2.75, 3.05) is 6.54 Å². The average molecular weight is 339 g/mol. The van der Waals surface area contributed by atoms with E-state index in [-0.39, 0.29) is 12.0 Å². The van der Waals surface area contributed by atoms with Crippen molar-refractivity contribution in [1.29, 1.82) is 0 Å². The van der Waals surface area contributed by atoms with Gasteiger partial charge in [0.2, 0.25) is 0 Å². The van der Waals surface area contributed by atoms with Crippen LogP contribution in [-0.4, -0.2) is 23.9 Å². The third kappa shape index (κ3) is 3.61. The van der Waals surface area contributed by atoms with Crippen molar-refractivity contribution in [2.45, 2.75) is 26.1 Å². The molecule has 25 heavy (non-hydrogen) atoms. The van der Waals surface area contributed by atoms with E-state index in [1.165, 1.54) is 6.20 Å². The minimum Gasteiger partial charge on any atom is -0.618 e. The van der Waals surface area contributed by atoms with Gasteiger partial charge in [-0.25, -0.2) is 0 Å². The Hall–Kier alpha value is -2.93. The molecule has 1 aliphatic rings. The number of unbranched alkanes of at least 4 members (excludes halogenated alkanes) is 1. The first-order chi connectivity index (χ1) is 12.1. The van der Waals surface area contributed by atoms with Crippen LogP contribution >= 0.6 is 0 Å². The summed E-state index contributed by atoms with van der Waals surface area (Å²) in [6, 6.07) is 6.70. The number of benzene rings is 1. The van der Waals surface area contributed by atoms with Gasteiger partial charge < -0.3 is 15.3 Å². The first-order valence-corrected chi connectivity index (χ1v) is 8.29. The molecule has 0 fully saturated rings. The number of nitrogens with zero attached hydrogens (tertiary/aromatic N) is 4. The van der Waals surface area contributed by atoms with Crippen molar-refractivity contribution in [2.24, 2.45) is 10.7 Å². The maximum absolute atomic E-state index is 12.4. The first kappa shape index (κ1) is 16.9. The highest BCUT2D eigenvalue weighted by Crippen LogP contribution is 2.11. The SMILES string of the molecule is CCCCN1C=C(C=Cc2c[n+]([O-])c3ccccc3[n+]2[O-])C=NC1N. The summed E-state index contributed by atoms with van der Waals surface area (Å²) in [6.45, 7) is 2.94. The Morgan fingerprint density at radius 2 is 2.00 bits per heavy atom. The normalized spacial score (nSPS) is 17.4. The van der Waals surface area contributed by atoms with E-state index in [1.54, 1.807) is 42.6 Å². The highest BCUT2D eigenvalue weighted by Gasteiger charge is 2.17. The van der Waals surface area contributed by atoms with Gasteiger partial charge in [-0.2, -0.15) is 9.46 Å². The number of allylic oxidation sites excluding steroid dienone is 2. The average Bonchev–Trinajstić information content (AvgIpc) is 2.63. The second kappa shape index (κ2) is 7.31. The molecule has 1 atom stereocenters. The molecule has 0 saturated heterocycles. The first-order valence-electron chi connectivity index (χ1n) is 8.29. The van der Waals surface area contributed by atoms with Gasteiger partial charge >= 0.3 is 0 Å². The van der Waals surface area contributed by atoms with Crippen LogP contribution in [0.5, 0.6) is 0 Å². The number of hydrogen-bond donors (Lipinski definition) is 1. The van der Waals surface area contributed by atoms with Gasteiger partial charge in [0, 0.05) is 42.7 Å². The topological polar surface area (TPSA) is 95.5 Å². The Morgan fingerprint density at radius 3 is 2.76 bits per heavy atom. The van der Waals surface area contributed by atoms with Gasteiger partial charge in [0.05, 0.1) is 0 Å². The summed E-state index contributed by atoms with van der Waals surface area (Å²) < 4.78 is 1.46. The highest BCUT2D eigenvalue weighted by molar-refractivity contribution is 5.84. The minimum absolute atomic E-state index is 0.262. The molecule has 130 valence electrons. The maximum Gasteiger partial charge on any atom is 0.290 e. The monoisotopic (exact) mass is 339 g/mol. The fourth-order valence-corrected chi connectivity index (χ4v) is 2.67. The van der Waals surface area contributed by atoms with Crippen LogP contribution in [0.1, 0.15) is 25.5 Å². The van der Waals surface area contributed by atoms with E-state index in [0.29, 0.717) is 15.8 Å². The summed E-state index contributed by atoms with van der Waals surface area (Å²) in [7, 11) is 0. The van der Waals surface area contributed by atoms with Crippen LogP contribution in [0, 0.1) is 10.4 Å². The highest BCUT2D eigenvalue weighted by atomic mass is 16.5. The van der Waals surface area contributed by atoms with Crippen molar-refractivity contribution in [3.63, 3.8) is 0 Å². The molecule has 1 aromatic carbocycles. The fourth-order valence-electron chi connectivity index (χ4n) is 2.67. The zero-order valence-electron chi connectivity index (χ0n) is 14.1. The number of hydrogen-bond acceptors (Lipinski definition) is 5. The Morgan fingerprint density at radius 1 is 1.24 bits per heavy atom. The van der Waals surface area contributed by atoms with Gasteiger partial charge in [0.1, 0.15) is 0 Å². The summed E-state index contributed by atoms with van der Waals surface area (Å²) in [5.41, 5.74) is 7.71. The van der Waals surface area contributed by atoms with Crippen LogP contribution in [0.2, 0.25) is 0 Å². The molecule has 3 rings (SSSR count). The predicted octanol–water partition coefficient (Wildman–Crippen LogP) is 1.43. The molecule has 2 N–H and O–H groups in total. The van der Waals surface area contributed by atoms with Crippen LogP contribution in [0.4, 0.5) is 0 Å². The number of fused-ring (bicyclic) bond motifs is 1. The van der Waals surface area contributed by atoms with Crippen molar-refractivity contribution < 1.29 is 9.46 Å². The standard InChI is InChI=1S/C18H21N5O2/c1-2-3-10-21-12-14(11-20-18(21)19)8-9-15-13-22(24)16-6-4-5-7-17(16)23(15)25/h4-9,11-13,18H,2-3,10,19H2,1H3. The third-order valence-corrected chi connectivity index (χ3v) is 4.07. The van der Waals surface area contributed by atoms with Crippen molar-refractivity contribution in [1.82, 2.24) is 4.90 Å². The molecule has 2 heterocycles. The van der Waals surface area contributed by atoms with E-state index in [2.05, 4.69) is 11.9 Å².